The van der Waals surface area contributed by atoms with Crippen molar-refractivity contribution in [2.45, 2.75) is 37.6 Å². The number of ketones is 2. The van der Waals surface area contributed by atoms with Crippen LogP contribution in [0.3, 0.4) is 0 Å². The summed E-state index contributed by atoms with van der Waals surface area (Å²) in [5.41, 5.74) is 4.45. The van der Waals surface area contributed by atoms with Gasteiger partial charge in [0.25, 0.3) is 5.91 Å². The van der Waals surface area contributed by atoms with Gasteiger partial charge in [0.2, 0.25) is 5.78 Å². The number of aliphatic hydroxyl groups is 3. The summed E-state index contributed by atoms with van der Waals surface area (Å²) in [6, 6.07) is 8.21. The maximum absolute atomic E-state index is 14.1. The van der Waals surface area contributed by atoms with Crippen molar-refractivity contribution in [1.29, 1.82) is 0 Å². The van der Waals surface area contributed by atoms with Crippen molar-refractivity contribution < 1.29 is 39.5 Å². The van der Waals surface area contributed by atoms with Gasteiger partial charge in [-0.25, -0.2) is 0 Å². The van der Waals surface area contributed by atoms with Crippen LogP contribution in [0.1, 0.15) is 28.7 Å². The van der Waals surface area contributed by atoms with Crippen molar-refractivity contribution in [2.75, 3.05) is 40.2 Å². The number of Topliss-reactive ketones (excluding diaryl/α,β-unsaturated/α-hetero) is 2. The van der Waals surface area contributed by atoms with Gasteiger partial charge in [0.1, 0.15) is 28.6 Å². The summed E-state index contributed by atoms with van der Waals surface area (Å²) < 4.78 is 5.41. The fourth-order valence-corrected chi connectivity index (χ4v) is 7.06. The maximum atomic E-state index is 14.1. The minimum atomic E-state index is -2.68. The number of hydrogen-bond donors (Lipinski definition) is 6. The molecule has 2 aromatic carbocycles. The molecule has 0 bridgehead atoms. The first-order chi connectivity index (χ1) is 20.7. The zero-order chi connectivity index (χ0) is 32.2. The highest BCUT2D eigenvalue weighted by atomic mass is 16.5. The molecule has 5 rings (SSSR count). The Morgan fingerprint density at radius 1 is 1.09 bits per heavy atom. The van der Waals surface area contributed by atoms with Crippen LogP contribution in [-0.2, 0) is 33.9 Å². The Bertz CT molecular complexity index is 1630. The molecule has 0 aliphatic heterocycles. The van der Waals surface area contributed by atoms with E-state index in [-0.39, 0.29) is 36.3 Å². The smallest absolute Gasteiger partial charge is 0.255 e. The Kier molecular flexibility index (Phi) is 7.95. The fourth-order valence-electron chi connectivity index (χ4n) is 7.06. The number of nitrogens with one attached hydrogen (secondary N) is 1. The van der Waals surface area contributed by atoms with E-state index in [1.54, 1.807) is 21.2 Å². The molecule has 3 aliphatic carbocycles. The first kappa shape index (κ1) is 31.0. The Hall–Kier alpha value is -4.39. The van der Waals surface area contributed by atoms with Crippen molar-refractivity contribution in [3.63, 3.8) is 0 Å². The molecule has 0 unspecified atom stereocenters. The SMILES string of the molecule is COc1ccccc1CNCc1cc(N(C)C)c2c(c1O)C(O)=C1C(=O)[C@]3(O)C(O)=C(C(N)=O)C(=O)[C@@H](N(C)C)[C@@H]3C[C@@H]1C2. The Morgan fingerprint density at radius 3 is 2.36 bits per heavy atom. The number of likely N-dealkylation sites (N-methyl/N-ethyl adjacent to an activating group) is 1. The van der Waals surface area contributed by atoms with Crippen LogP contribution in [0.4, 0.5) is 5.69 Å². The van der Waals surface area contributed by atoms with Gasteiger partial charge in [-0.3, -0.25) is 19.3 Å². The summed E-state index contributed by atoms with van der Waals surface area (Å²) in [6.45, 7) is 0.640. The number of aliphatic hydroxyl groups excluding tert-OH is 2. The van der Waals surface area contributed by atoms with E-state index in [2.05, 4.69) is 5.32 Å². The summed E-state index contributed by atoms with van der Waals surface area (Å²) in [5, 5.41) is 49.3. The molecule has 44 heavy (non-hydrogen) atoms. The molecule has 0 aromatic heterocycles. The number of nitrogens with zero attached hydrogens (tertiary/aromatic N) is 2. The second kappa shape index (κ2) is 11.3. The number of primary amides is 1. The highest BCUT2D eigenvalue weighted by Crippen LogP contribution is 2.54. The van der Waals surface area contributed by atoms with Gasteiger partial charge in [0.15, 0.2) is 11.4 Å². The number of benzene rings is 2. The van der Waals surface area contributed by atoms with Gasteiger partial charge in [0, 0.05) is 55.5 Å². The largest absolute Gasteiger partial charge is 0.508 e. The molecule has 3 aliphatic rings. The van der Waals surface area contributed by atoms with Crippen molar-refractivity contribution >= 4 is 28.9 Å². The second-order valence-corrected chi connectivity index (χ2v) is 12.0. The fraction of sp³-hybridized carbons (Fsp3) is 0.406. The topological polar surface area (TPSA) is 186 Å². The third-order valence-electron chi connectivity index (χ3n) is 9.08. The number of para-hydroxylation sites is 1. The van der Waals surface area contributed by atoms with Gasteiger partial charge in [-0.15, -0.1) is 0 Å². The number of phenolic OH excluding ortho intramolecular Hbond substituents is 1. The second-order valence-electron chi connectivity index (χ2n) is 12.0. The van der Waals surface area contributed by atoms with Gasteiger partial charge in [-0.1, -0.05) is 18.2 Å². The molecule has 1 saturated carbocycles. The maximum Gasteiger partial charge on any atom is 0.255 e. The number of aromatic hydroxyl groups is 1. The van der Waals surface area contributed by atoms with E-state index in [1.165, 1.54) is 4.90 Å². The highest BCUT2D eigenvalue weighted by molar-refractivity contribution is 6.24. The van der Waals surface area contributed by atoms with E-state index < -0.39 is 58.0 Å². The molecule has 7 N–H and O–H groups in total. The van der Waals surface area contributed by atoms with Gasteiger partial charge in [0.05, 0.1) is 18.7 Å². The third kappa shape index (κ3) is 4.61. The lowest BCUT2D eigenvalue weighted by Crippen LogP contribution is -2.65. The minimum absolute atomic E-state index is 0.0294. The van der Waals surface area contributed by atoms with Crippen molar-refractivity contribution in [1.82, 2.24) is 10.2 Å². The Labute approximate surface area is 255 Å². The number of nitrogens with two attached hydrogens (primary N) is 1. The van der Waals surface area contributed by atoms with Crippen LogP contribution in [0, 0.1) is 11.8 Å². The lowest BCUT2D eigenvalue weighted by atomic mass is 9.57. The van der Waals surface area contributed by atoms with E-state index in [4.69, 9.17) is 10.5 Å². The molecular formula is C32H38N4O8. The third-order valence-corrected chi connectivity index (χ3v) is 9.08. The normalized spacial score (nSPS) is 24.7. The molecule has 4 atom stereocenters. The van der Waals surface area contributed by atoms with Crippen LogP contribution >= 0.6 is 0 Å². The monoisotopic (exact) mass is 606 g/mol. The standard InChI is InChI=1S/C32H38N4O8/c1-35(2)20-12-17(14-34-13-15-8-6-7-9-21(15)44-5)26(37)23-18(20)10-16-11-19-25(36(3)4)28(39)24(31(33)42)30(41)32(19,43)29(40)22(16)27(23)38/h6-9,12,16,19,25,34,37-38,41,43H,10-11,13-14H2,1-5H3,(H2,33,42)/t16-,19-,25-,32-/m0/s1. The number of rotatable bonds is 8. The number of carbonyl (C=O) groups excluding carboxylic acids is 3. The summed E-state index contributed by atoms with van der Waals surface area (Å²) in [6.07, 6.45) is 0.242. The number of carbonyl (C=O) groups is 3. The average Bonchev–Trinajstić information content (AvgIpc) is 2.95. The van der Waals surface area contributed by atoms with Crippen LogP contribution in [0.2, 0.25) is 0 Å². The summed E-state index contributed by atoms with van der Waals surface area (Å²) in [4.78, 5) is 43.0. The van der Waals surface area contributed by atoms with E-state index in [1.807, 2.05) is 49.3 Å². The molecule has 2 aromatic rings. The van der Waals surface area contributed by atoms with E-state index in [0.717, 1.165) is 5.56 Å². The predicted molar refractivity (Wildman–Crippen MR) is 162 cm³/mol. The van der Waals surface area contributed by atoms with E-state index in [9.17, 15) is 34.8 Å². The molecule has 234 valence electrons. The van der Waals surface area contributed by atoms with Gasteiger partial charge in [-0.05, 0) is 50.6 Å². The van der Waals surface area contributed by atoms with E-state index in [0.29, 0.717) is 29.1 Å². The zero-order valence-corrected chi connectivity index (χ0v) is 25.3. The molecule has 0 spiro atoms. The first-order valence-electron chi connectivity index (χ1n) is 14.3. The average molecular weight is 607 g/mol. The number of methoxy groups -OCH3 is 1. The number of ether oxygens (including phenoxy) is 1. The number of amides is 1. The van der Waals surface area contributed by atoms with Crippen LogP contribution in [0.25, 0.3) is 5.76 Å². The van der Waals surface area contributed by atoms with Crippen LogP contribution < -0.4 is 20.7 Å². The molecule has 0 saturated heterocycles. The minimum Gasteiger partial charge on any atom is -0.508 e. The van der Waals surface area contributed by atoms with Crippen LogP contribution in [0.15, 0.2) is 47.2 Å². The summed E-state index contributed by atoms with van der Waals surface area (Å²) in [7, 11) is 8.38. The predicted octanol–water partition coefficient (Wildman–Crippen LogP) is 1.33. The quantitative estimate of drug-likeness (QED) is 0.238. The number of fused-ring (bicyclic) bond motifs is 3. The van der Waals surface area contributed by atoms with Gasteiger partial charge in [-0.2, -0.15) is 0 Å². The van der Waals surface area contributed by atoms with Gasteiger partial charge >= 0.3 is 0 Å². The number of phenols is 1. The highest BCUT2D eigenvalue weighted by Gasteiger charge is 2.64. The lowest BCUT2D eigenvalue weighted by Gasteiger charge is -2.50. The van der Waals surface area contributed by atoms with Gasteiger partial charge < -0.3 is 41.1 Å². The Balaban J connectivity index is 1.61. The van der Waals surface area contributed by atoms with Crippen LogP contribution in [0.5, 0.6) is 11.5 Å². The molecular weight excluding hydrogens is 568 g/mol. The molecule has 0 radical (unpaired) electrons. The van der Waals surface area contributed by atoms with Crippen molar-refractivity contribution in [2.24, 2.45) is 17.6 Å². The lowest BCUT2D eigenvalue weighted by molar-refractivity contribution is -0.153. The number of anilines is 1. The Morgan fingerprint density at radius 2 is 1.75 bits per heavy atom. The van der Waals surface area contributed by atoms with Crippen LogP contribution in [-0.4, -0.2) is 89.7 Å². The summed E-state index contributed by atoms with van der Waals surface area (Å²) in [5.74, 6) is -6.02. The molecule has 0 heterocycles. The van der Waals surface area contributed by atoms with Crippen molar-refractivity contribution in [3.8, 4) is 11.5 Å². The summed E-state index contributed by atoms with van der Waals surface area (Å²) >= 11 is 0. The van der Waals surface area contributed by atoms with Crippen molar-refractivity contribution in [3.05, 3.63) is 69.5 Å². The molecule has 12 nitrogen and oxygen atoms in total. The zero-order valence-electron chi connectivity index (χ0n) is 25.3. The number of hydrogen-bond acceptors (Lipinski definition) is 11. The van der Waals surface area contributed by atoms with E-state index >= 15 is 0 Å². The first-order valence-corrected chi connectivity index (χ1v) is 14.3. The molecule has 1 fully saturated rings. The molecule has 12 heteroatoms. The molecule has 1 amide bonds.